The van der Waals surface area contributed by atoms with Crippen molar-refractivity contribution >= 4 is 22.8 Å². The SMILES string of the molecule is Cc1nn(Cc2c(C(N)=O)cccc2C2CC2)c2nc(C(F)(F)/C(=N/N)NN)ccc12. The number of carbonyl (C=O) groups is 1. The van der Waals surface area contributed by atoms with Crippen LogP contribution in [0.4, 0.5) is 8.78 Å². The molecule has 7 N–H and O–H groups in total. The summed E-state index contributed by atoms with van der Waals surface area (Å²) in [6, 6.07) is 8.11. The lowest BCUT2D eigenvalue weighted by Crippen LogP contribution is -2.43. The fourth-order valence-electron chi connectivity index (χ4n) is 3.76. The van der Waals surface area contributed by atoms with Crippen LogP contribution in [0.5, 0.6) is 0 Å². The van der Waals surface area contributed by atoms with Gasteiger partial charge in [0.2, 0.25) is 11.7 Å². The molecule has 0 atom stereocenters. The van der Waals surface area contributed by atoms with Crippen molar-refractivity contribution in [2.75, 3.05) is 0 Å². The molecule has 3 aromatic rings. The minimum absolute atomic E-state index is 0.171. The van der Waals surface area contributed by atoms with Gasteiger partial charge in [-0.2, -0.15) is 19.0 Å². The highest BCUT2D eigenvalue weighted by molar-refractivity contribution is 5.95. The van der Waals surface area contributed by atoms with Crippen LogP contribution in [0.1, 0.15) is 51.6 Å². The maximum Gasteiger partial charge on any atom is 0.349 e. The van der Waals surface area contributed by atoms with E-state index in [-0.39, 0.29) is 12.2 Å². The number of hydrogen-bond donors (Lipinski definition) is 4. The van der Waals surface area contributed by atoms with Crippen LogP contribution < -0.4 is 22.8 Å². The number of pyridine rings is 1. The molecule has 2 aromatic heterocycles. The maximum atomic E-state index is 14.8. The minimum Gasteiger partial charge on any atom is -0.366 e. The molecule has 0 radical (unpaired) electrons. The van der Waals surface area contributed by atoms with Crippen molar-refractivity contribution in [3.8, 4) is 0 Å². The smallest absolute Gasteiger partial charge is 0.349 e. The van der Waals surface area contributed by atoms with Gasteiger partial charge < -0.3 is 17.0 Å². The normalized spacial score (nSPS) is 14.8. The predicted molar refractivity (Wildman–Crippen MR) is 111 cm³/mol. The number of hydrazone groups is 1. The number of rotatable bonds is 6. The molecule has 31 heavy (non-hydrogen) atoms. The van der Waals surface area contributed by atoms with Gasteiger partial charge in [0.1, 0.15) is 5.69 Å². The number of aromatic nitrogens is 3. The summed E-state index contributed by atoms with van der Waals surface area (Å²) in [5, 5.41) is 8.10. The van der Waals surface area contributed by atoms with Crippen LogP contribution in [-0.2, 0) is 12.5 Å². The first-order valence-corrected chi connectivity index (χ1v) is 9.67. The Hall–Kier alpha value is -3.60. The second kappa shape index (κ2) is 7.58. The maximum absolute atomic E-state index is 14.8. The Bertz CT molecular complexity index is 1200. The Morgan fingerprint density at radius 1 is 1.32 bits per heavy atom. The number of fused-ring (bicyclic) bond motifs is 1. The van der Waals surface area contributed by atoms with Gasteiger partial charge in [-0.25, -0.2) is 15.5 Å². The number of amidine groups is 1. The zero-order valence-electron chi connectivity index (χ0n) is 16.8. The van der Waals surface area contributed by atoms with Crippen LogP contribution in [0.2, 0.25) is 0 Å². The van der Waals surface area contributed by atoms with E-state index in [4.69, 9.17) is 17.4 Å². The molecule has 2 heterocycles. The number of hydrazine groups is 1. The molecular formula is C20H22F2N8O. The van der Waals surface area contributed by atoms with Gasteiger partial charge in [-0.3, -0.25) is 4.79 Å². The first-order chi connectivity index (χ1) is 14.8. The van der Waals surface area contributed by atoms with Gasteiger partial charge in [-0.1, -0.05) is 12.1 Å². The third kappa shape index (κ3) is 3.56. The molecule has 0 bridgehead atoms. The number of hydrogen-bond acceptors (Lipinski definition) is 6. The number of aryl methyl sites for hydroxylation is 1. The number of nitrogens with zero attached hydrogens (tertiary/aromatic N) is 4. The van der Waals surface area contributed by atoms with Crippen LogP contribution in [0, 0.1) is 6.92 Å². The van der Waals surface area contributed by atoms with Gasteiger partial charge in [-0.15, -0.1) is 0 Å². The number of carbonyl (C=O) groups excluding carboxylic acids is 1. The van der Waals surface area contributed by atoms with E-state index in [2.05, 4.69) is 15.2 Å². The number of amides is 1. The summed E-state index contributed by atoms with van der Waals surface area (Å²) >= 11 is 0. The number of benzene rings is 1. The summed E-state index contributed by atoms with van der Waals surface area (Å²) in [7, 11) is 0. The first kappa shape index (κ1) is 20.7. The van der Waals surface area contributed by atoms with Gasteiger partial charge in [0, 0.05) is 10.9 Å². The van der Waals surface area contributed by atoms with E-state index in [0.29, 0.717) is 22.6 Å². The number of nitrogens with one attached hydrogen (secondary N) is 1. The quantitative estimate of drug-likeness (QED) is 0.203. The molecule has 0 spiro atoms. The van der Waals surface area contributed by atoms with Crippen LogP contribution in [0.15, 0.2) is 35.4 Å². The van der Waals surface area contributed by atoms with Crippen molar-refractivity contribution < 1.29 is 13.6 Å². The van der Waals surface area contributed by atoms with Gasteiger partial charge >= 0.3 is 5.92 Å². The summed E-state index contributed by atoms with van der Waals surface area (Å²) in [6.07, 6.45) is 2.05. The average molecular weight is 428 g/mol. The highest BCUT2D eigenvalue weighted by atomic mass is 19.3. The van der Waals surface area contributed by atoms with Crippen LogP contribution in [0.3, 0.4) is 0 Å². The van der Waals surface area contributed by atoms with Crippen LogP contribution in [-0.4, -0.2) is 26.5 Å². The summed E-state index contributed by atoms with van der Waals surface area (Å²) in [4.78, 5) is 16.2. The number of primary amides is 1. The Morgan fingerprint density at radius 3 is 2.68 bits per heavy atom. The van der Waals surface area contributed by atoms with E-state index in [1.807, 2.05) is 6.07 Å². The Kier molecular flexibility index (Phi) is 5.05. The third-order valence-corrected chi connectivity index (χ3v) is 5.47. The van der Waals surface area contributed by atoms with Crippen molar-refractivity contribution in [1.29, 1.82) is 0 Å². The lowest BCUT2D eigenvalue weighted by Gasteiger charge is -2.17. The predicted octanol–water partition coefficient (Wildman–Crippen LogP) is 1.59. The van der Waals surface area contributed by atoms with Crippen molar-refractivity contribution in [3.63, 3.8) is 0 Å². The molecule has 162 valence electrons. The van der Waals surface area contributed by atoms with Crippen molar-refractivity contribution in [3.05, 3.63) is 58.4 Å². The summed E-state index contributed by atoms with van der Waals surface area (Å²) in [5.74, 6) is 5.39. The summed E-state index contributed by atoms with van der Waals surface area (Å²) < 4.78 is 31.0. The third-order valence-electron chi connectivity index (χ3n) is 5.47. The van der Waals surface area contributed by atoms with E-state index in [1.165, 1.54) is 16.8 Å². The number of nitrogens with two attached hydrogens (primary N) is 3. The highest BCUT2D eigenvalue weighted by Crippen LogP contribution is 2.42. The molecule has 9 nitrogen and oxygen atoms in total. The monoisotopic (exact) mass is 428 g/mol. The van der Waals surface area contributed by atoms with E-state index in [9.17, 15) is 13.6 Å². The zero-order chi connectivity index (χ0) is 22.3. The second-order valence-corrected chi connectivity index (χ2v) is 7.52. The number of halogens is 2. The van der Waals surface area contributed by atoms with E-state index in [1.54, 1.807) is 24.5 Å². The fraction of sp³-hybridized carbons (Fsp3) is 0.300. The fourth-order valence-corrected chi connectivity index (χ4v) is 3.76. The Morgan fingerprint density at radius 2 is 2.06 bits per heavy atom. The molecule has 0 aliphatic heterocycles. The molecule has 1 aliphatic rings. The van der Waals surface area contributed by atoms with Crippen molar-refractivity contribution in [2.45, 2.75) is 38.2 Å². The molecule has 1 fully saturated rings. The molecule has 1 aliphatic carbocycles. The van der Waals surface area contributed by atoms with Crippen LogP contribution >= 0.6 is 0 Å². The van der Waals surface area contributed by atoms with E-state index in [0.717, 1.165) is 24.0 Å². The molecule has 1 aromatic carbocycles. The molecular weight excluding hydrogens is 406 g/mol. The highest BCUT2D eigenvalue weighted by Gasteiger charge is 2.40. The lowest BCUT2D eigenvalue weighted by atomic mass is 9.97. The minimum atomic E-state index is -3.63. The van der Waals surface area contributed by atoms with Gasteiger partial charge in [0.25, 0.3) is 0 Å². The van der Waals surface area contributed by atoms with Crippen LogP contribution in [0.25, 0.3) is 11.0 Å². The molecule has 11 heteroatoms. The zero-order valence-corrected chi connectivity index (χ0v) is 16.8. The Labute approximate surface area is 176 Å². The topological polar surface area (TPSA) is 150 Å². The molecule has 1 amide bonds. The second-order valence-electron chi connectivity index (χ2n) is 7.52. The van der Waals surface area contributed by atoms with Gasteiger partial charge in [-0.05, 0) is 55.0 Å². The average Bonchev–Trinajstić information content (AvgIpc) is 3.54. The lowest BCUT2D eigenvalue weighted by molar-refractivity contribution is 0.0666. The van der Waals surface area contributed by atoms with E-state index < -0.39 is 23.4 Å². The summed E-state index contributed by atoms with van der Waals surface area (Å²) in [5.41, 5.74) is 9.80. The van der Waals surface area contributed by atoms with E-state index >= 15 is 0 Å². The Balaban J connectivity index is 1.84. The standard InChI is InChI=1S/C20H22F2N8O/c1-10-12-7-8-16(20(21,22)19(27-24)28-25)26-18(12)30(29-10)9-15-13(11-5-6-11)3-2-4-14(15)17(23)31/h2-4,7-8,11H,5-6,9,24-25H2,1H3,(H2,23,31)(H,27,28). The number of alkyl halides is 2. The first-order valence-electron chi connectivity index (χ1n) is 9.67. The molecule has 1 saturated carbocycles. The molecule has 0 unspecified atom stereocenters. The largest absolute Gasteiger partial charge is 0.366 e. The van der Waals surface area contributed by atoms with Crippen molar-refractivity contribution in [2.24, 2.45) is 22.5 Å². The van der Waals surface area contributed by atoms with Gasteiger partial charge in [0.15, 0.2) is 5.65 Å². The van der Waals surface area contributed by atoms with Gasteiger partial charge in [0.05, 0.1) is 12.2 Å². The molecule has 0 saturated heterocycles. The summed E-state index contributed by atoms with van der Waals surface area (Å²) in [6.45, 7) is 1.93. The van der Waals surface area contributed by atoms with Crippen molar-refractivity contribution in [1.82, 2.24) is 20.2 Å². The molecule has 4 rings (SSSR count).